The Balaban J connectivity index is 2.50. The van der Waals surface area contributed by atoms with Crippen LogP contribution in [0.2, 0.25) is 0 Å². The van der Waals surface area contributed by atoms with Crippen molar-refractivity contribution in [3.63, 3.8) is 0 Å². The summed E-state index contributed by atoms with van der Waals surface area (Å²) in [5, 5.41) is 5.78. The van der Waals surface area contributed by atoms with Crippen LogP contribution in [0.15, 0.2) is 17.5 Å². The highest BCUT2D eigenvalue weighted by molar-refractivity contribution is 7.09. The first kappa shape index (κ1) is 17.7. The maximum atomic E-state index is 5.13. The molecule has 0 fully saturated rings. The molecule has 20 heavy (non-hydrogen) atoms. The number of aryl methyl sites for hydroxylation is 1. The van der Waals surface area contributed by atoms with Gasteiger partial charge in [-0.25, -0.2) is 0 Å². The topological polar surface area (TPSA) is 21.3 Å². The summed E-state index contributed by atoms with van der Waals surface area (Å²) < 4.78 is 5.13. The highest BCUT2D eigenvalue weighted by Gasteiger charge is 2.26. The summed E-state index contributed by atoms with van der Waals surface area (Å²) >= 11 is 1.89. The Labute approximate surface area is 128 Å². The molecule has 1 atom stereocenters. The Kier molecular flexibility index (Phi) is 9.16. The Bertz CT molecular complexity index is 326. The van der Waals surface area contributed by atoms with E-state index in [4.69, 9.17) is 4.74 Å². The number of unbranched alkanes of at least 4 members (excludes halogenated alkanes) is 1. The van der Waals surface area contributed by atoms with Gasteiger partial charge < -0.3 is 10.1 Å². The normalized spacial score (nSPS) is 14.3. The van der Waals surface area contributed by atoms with E-state index in [-0.39, 0.29) is 0 Å². The Morgan fingerprint density at radius 1 is 1.30 bits per heavy atom. The highest BCUT2D eigenvalue weighted by atomic mass is 32.1. The maximum Gasteiger partial charge on any atom is 0.0587 e. The van der Waals surface area contributed by atoms with Gasteiger partial charge in [-0.2, -0.15) is 0 Å². The van der Waals surface area contributed by atoms with Crippen molar-refractivity contribution in [3.8, 4) is 0 Å². The molecule has 2 nitrogen and oxygen atoms in total. The van der Waals surface area contributed by atoms with Crippen molar-refractivity contribution in [1.82, 2.24) is 5.32 Å². The van der Waals surface area contributed by atoms with E-state index in [0.717, 1.165) is 19.7 Å². The first-order chi connectivity index (χ1) is 9.76. The van der Waals surface area contributed by atoms with Crippen LogP contribution in [0.3, 0.4) is 0 Å². The average molecular weight is 298 g/mol. The zero-order valence-corrected chi connectivity index (χ0v) is 14.2. The van der Waals surface area contributed by atoms with Crippen molar-refractivity contribution >= 4 is 11.3 Å². The molecule has 1 unspecified atom stereocenters. The predicted octanol–water partition coefficient (Wildman–Crippen LogP) is 4.50. The largest absolute Gasteiger partial charge is 0.383 e. The third-order valence-corrected chi connectivity index (χ3v) is 5.21. The van der Waals surface area contributed by atoms with Gasteiger partial charge in [0.1, 0.15) is 0 Å². The summed E-state index contributed by atoms with van der Waals surface area (Å²) in [6.07, 6.45) is 7.75. The summed E-state index contributed by atoms with van der Waals surface area (Å²) in [4.78, 5) is 1.52. The fourth-order valence-corrected chi connectivity index (χ4v) is 3.41. The van der Waals surface area contributed by atoms with Crippen molar-refractivity contribution in [2.75, 3.05) is 26.8 Å². The van der Waals surface area contributed by atoms with Gasteiger partial charge in [0.15, 0.2) is 0 Å². The van der Waals surface area contributed by atoms with Gasteiger partial charge in [-0.05, 0) is 42.5 Å². The van der Waals surface area contributed by atoms with E-state index in [1.54, 1.807) is 7.11 Å². The Morgan fingerprint density at radius 2 is 2.15 bits per heavy atom. The average Bonchev–Trinajstić information content (AvgIpc) is 2.99. The zero-order chi connectivity index (χ0) is 14.7. The van der Waals surface area contributed by atoms with Crippen LogP contribution in [0, 0.1) is 5.41 Å². The molecule has 0 amide bonds. The number of methoxy groups -OCH3 is 1. The molecule has 3 heteroatoms. The molecule has 0 spiro atoms. The van der Waals surface area contributed by atoms with Gasteiger partial charge in [-0.15, -0.1) is 11.3 Å². The third-order valence-electron chi connectivity index (χ3n) is 4.28. The second kappa shape index (κ2) is 10.4. The molecule has 1 aromatic rings. The van der Waals surface area contributed by atoms with Gasteiger partial charge in [-0.3, -0.25) is 0 Å². The van der Waals surface area contributed by atoms with Gasteiger partial charge in [0.25, 0.3) is 0 Å². The van der Waals surface area contributed by atoms with Crippen molar-refractivity contribution in [2.45, 2.75) is 52.4 Å². The minimum atomic E-state index is 0.452. The summed E-state index contributed by atoms with van der Waals surface area (Å²) in [5.41, 5.74) is 0.452. The molecule has 1 rings (SSSR count). The van der Waals surface area contributed by atoms with E-state index >= 15 is 0 Å². The molecule has 1 aromatic heterocycles. The van der Waals surface area contributed by atoms with Crippen molar-refractivity contribution < 1.29 is 4.74 Å². The van der Waals surface area contributed by atoms with Crippen molar-refractivity contribution in [2.24, 2.45) is 5.41 Å². The van der Waals surface area contributed by atoms with Gasteiger partial charge in [0.2, 0.25) is 0 Å². The molecule has 0 aromatic carbocycles. The first-order valence-electron chi connectivity index (χ1n) is 7.98. The summed E-state index contributed by atoms with van der Waals surface area (Å²) in [6.45, 7) is 7.53. The molecular formula is C17H31NOS. The van der Waals surface area contributed by atoms with Crippen LogP contribution in [-0.4, -0.2) is 26.8 Å². The van der Waals surface area contributed by atoms with Crippen LogP contribution >= 0.6 is 11.3 Å². The summed E-state index contributed by atoms with van der Waals surface area (Å²) in [5.74, 6) is 0. The van der Waals surface area contributed by atoms with E-state index in [1.807, 2.05) is 11.3 Å². The van der Waals surface area contributed by atoms with Crippen LogP contribution in [-0.2, 0) is 11.2 Å². The van der Waals surface area contributed by atoms with Crippen LogP contribution in [0.1, 0.15) is 50.8 Å². The third kappa shape index (κ3) is 6.38. The Morgan fingerprint density at radius 3 is 2.75 bits per heavy atom. The monoisotopic (exact) mass is 297 g/mol. The molecule has 0 bridgehead atoms. The SMILES string of the molecule is CCCCC(CC)(CCc1cccs1)CNCCOC. The van der Waals surface area contributed by atoms with E-state index in [0.29, 0.717) is 5.41 Å². The lowest BCUT2D eigenvalue weighted by Crippen LogP contribution is -2.36. The molecule has 0 radical (unpaired) electrons. The number of rotatable bonds is 12. The smallest absolute Gasteiger partial charge is 0.0587 e. The van der Waals surface area contributed by atoms with Crippen LogP contribution in [0.5, 0.6) is 0 Å². The molecule has 116 valence electrons. The van der Waals surface area contributed by atoms with E-state index in [2.05, 4.69) is 36.7 Å². The molecule has 1 N–H and O–H groups in total. The fourth-order valence-electron chi connectivity index (χ4n) is 2.70. The summed E-state index contributed by atoms with van der Waals surface area (Å²) in [6, 6.07) is 4.43. The highest BCUT2D eigenvalue weighted by Crippen LogP contribution is 2.34. The van der Waals surface area contributed by atoms with Gasteiger partial charge in [0.05, 0.1) is 6.61 Å². The summed E-state index contributed by atoms with van der Waals surface area (Å²) in [7, 11) is 1.77. The van der Waals surface area contributed by atoms with Gasteiger partial charge >= 0.3 is 0 Å². The second-order valence-corrected chi connectivity index (χ2v) is 6.74. The maximum absolute atomic E-state index is 5.13. The van der Waals surface area contributed by atoms with Crippen LogP contribution < -0.4 is 5.32 Å². The lowest BCUT2D eigenvalue weighted by atomic mass is 9.76. The molecule has 0 aliphatic rings. The number of thiophene rings is 1. The molecular weight excluding hydrogens is 266 g/mol. The number of ether oxygens (including phenoxy) is 1. The first-order valence-corrected chi connectivity index (χ1v) is 8.86. The molecule has 0 aliphatic heterocycles. The molecule has 0 aliphatic carbocycles. The van der Waals surface area contributed by atoms with Crippen molar-refractivity contribution in [1.29, 1.82) is 0 Å². The molecule has 0 saturated heterocycles. The van der Waals surface area contributed by atoms with Crippen LogP contribution in [0.4, 0.5) is 0 Å². The van der Waals surface area contributed by atoms with Crippen molar-refractivity contribution in [3.05, 3.63) is 22.4 Å². The van der Waals surface area contributed by atoms with Crippen LogP contribution in [0.25, 0.3) is 0 Å². The second-order valence-electron chi connectivity index (χ2n) is 5.71. The number of hydrogen-bond donors (Lipinski definition) is 1. The zero-order valence-electron chi connectivity index (χ0n) is 13.4. The van der Waals surface area contributed by atoms with E-state index < -0.39 is 0 Å². The standard InChI is InChI=1S/C17H31NOS/c1-4-6-10-17(5-2,15-18-12-13-19-3)11-9-16-8-7-14-20-16/h7-8,14,18H,4-6,9-13,15H2,1-3H3. The van der Waals surface area contributed by atoms with E-state index in [1.165, 1.54) is 43.4 Å². The minimum absolute atomic E-state index is 0.452. The quantitative estimate of drug-likeness (QED) is 0.573. The predicted molar refractivity (Wildman–Crippen MR) is 89.6 cm³/mol. The lowest BCUT2D eigenvalue weighted by Gasteiger charge is -2.33. The van der Waals surface area contributed by atoms with Gasteiger partial charge in [0, 0.05) is 25.1 Å². The fraction of sp³-hybridized carbons (Fsp3) is 0.765. The molecule has 0 saturated carbocycles. The minimum Gasteiger partial charge on any atom is -0.383 e. The number of nitrogens with one attached hydrogen (secondary N) is 1. The number of hydrogen-bond acceptors (Lipinski definition) is 3. The Hall–Kier alpha value is -0.380. The molecule has 1 heterocycles. The van der Waals surface area contributed by atoms with Gasteiger partial charge in [-0.1, -0.05) is 32.8 Å². The van der Waals surface area contributed by atoms with E-state index in [9.17, 15) is 0 Å². The lowest BCUT2D eigenvalue weighted by molar-refractivity contribution is 0.177.